The van der Waals surface area contributed by atoms with Crippen molar-refractivity contribution >= 4 is 16.9 Å². The Morgan fingerprint density at radius 1 is 0.920 bits per heavy atom. The van der Waals surface area contributed by atoms with Crippen LogP contribution in [-0.4, -0.2) is 41.9 Å². The van der Waals surface area contributed by atoms with Crippen molar-refractivity contribution < 1.29 is 9.21 Å². The van der Waals surface area contributed by atoms with E-state index in [9.17, 15) is 4.79 Å². The van der Waals surface area contributed by atoms with Crippen LogP contribution in [0.25, 0.3) is 11.0 Å². The zero-order valence-electron chi connectivity index (χ0n) is 14.2. The average Bonchev–Trinajstić information content (AvgIpc) is 3.06. The Bertz CT molecular complexity index is 848. The van der Waals surface area contributed by atoms with Gasteiger partial charge in [-0.2, -0.15) is 0 Å². The molecule has 0 aliphatic carbocycles. The molecule has 128 valence electrons. The van der Waals surface area contributed by atoms with Crippen molar-refractivity contribution in [3.63, 3.8) is 0 Å². The number of amides is 1. The van der Waals surface area contributed by atoms with E-state index in [2.05, 4.69) is 29.2 Å². The number of fused-ring (bicyclic) bond motifs is 1. The first-order valence-corrected chi connectivity index (χ1v) is 8.79. The fourth-order valence-electron chi connectivity index (χ4n) is 3.44. The second kappa shape index (κ2) is 7.11. The third-order valence-corrected chi connectivity index (χ3v) is 4.88. The summed E-state index contributed by atoms with van der Waals surface area (Å²) in [6.07, 6.45) is 2.13. The van der Waals surface area contributed by atoms with Crippen molar-refractivity contribution in [1.82, 2.24) is 9.80 Å². The number of piperazine rings is 1. The highest BCUT2D eigenvalue weighted by Gasteiger charge is 2.22. The Kier molecular flexibility index (Phi) is 4.53. The van der Waals surface area contributed by atoms with Crippen LogP contribution >= 0.6 is 0 Å². The molecule has 0 N–H and O–H groups in total. The summed E-state index contributed by atoms with van der Waals surface area (Å²) in [5.41, 5.74) is 3.15. The minimum Gasteiger partial charge on any atom is -0.464 e. The van der Waals surface area contributed by atoms with Gasteiger partial charge < -0.3 is 9.32 Å². The van der Waals surface area contributed by atoms with Crippen LogP contribution in [0.2, 0.25) is 0 Å². The third-order valence-electron chi connectivity index (χ3n) is 4.88. The van der Waals surface area contributed by atoms with E-state index in [0.29, 0.717) is 6.42 Å². The van der Waals surface area contributed by atoms with Crippen LogP contribution in [0.5, 0.6) is 0 Å². The fourth-order valence-corrected chi connectivity index (χ4v) is 3.44. The Labute approximate surface area is 147 Å². The monoisotopic (exact) mass is 334 g/mol. The maximum absolute atomic E-state index is 12.6. The predicted octanol–water partition coefficient (Wildman–Crippen LogP) is 3.32. The molecule has 0 atom stereocenters. The molecule has 1 fully saturated rings. The molecule has 0 spiro atoms. The van der Waals surface area contributed by atoms with Crippen molar-refractivity contribution in [3.05, 3.63) is 72.0 Å². The molecule has 0 unspecified atom stereocenters. The van der Waals surface area contributed by atoms with Crippen LogP contribution < -0.4 is 0 Å². The number of benzene rings is 2. The van der Waals surface area contributed by atoms with E-state index < -0.39 is 0 Å². The lowest BCUT2D eigenvalue weighted by Crippen LogP contribution is -2.48. The number of hydrogen-bond donors (Lipinski definition) is 0. The van der Waals surface area contributed by atoms with Crippen LogP contribution in [0.15, 0.2) is 65.3 Å². The maximum atomic E-state index is 12.6. The Balaban J connectivity index is 1.33. The topological polar surface area (TPSA) is 36.7 Å². The number of nitrogens with zero attached hydrogens (tertiary/aromatic N) is 2. The Hall–Kier alpha value is -2.59. The molecule has 0 saturated carbocycles. The van der Waals surface area contributed by atoms with Crippen LogP contribution in [0.3, 0.4) is 0 Å². The predicted molar refractivity (Wildman–Crippen MR) is 98.2 cm³/mol. The average molecular weight is 334 g/mol. The van der Waals surface area contributed by atoms with Gasteiger partial charge in [-0.25, -0.2) is 0 Å². The van der Waals surface area contributed by atoms with Crippen molar-refractivity contribution in [2.45, 2.75) is 13.0 Å². The number of rotatable bonds is 4. The van der Waals surface area contributed by atoms with E-state index >= 15 is 0 Å². The molecule has 1 amide bonds. The van der Waals surface area contributed by atoms with Gasteiger partial charge in [0, 0.05) is 43.7 Å². The first-order valence-electron chi connectivity index (χ1n) is 8.79. The minimum atomic E-state index is 0.186. The lowest BCUT2D eigenvalue weighted by Gasteiger charge is -2.34. The van der Waals surface area contributed by atoms with Gasteiger partial charge in [0.2, 0.25) is 5.91 Å². The molecular formula is C21H22N2O2. The summed E-state index contributed by atoms with van der Waals surface area (Å²) in [4.78, 5) is 17.0. The molecule has 4 heteroatoms. The van der Waals surface area contributed by atoms with E-state index in [-0.39, 0.29) is 5.91 Å². The van der Waals surface area contributed by atoms with Crippen molar-refractivity contribution in [3.8, 4) is 0 Å². The quantitative estimate of drug-likeness (QED) is 0.734. The molecule has 0 bridgehead atoms. The number of carbonyl (C=O) groups excluding carboxylic acids is 1. The van der Waals surface area contributed by atoms with E-state index in [1.165, 1.54) is 5.56 Å². The number of furan rings is 1. The molecule has 4 rings (SSSR count). The van der Waals surface area contributed by atoms with Crippen molar-refractivity contribution in [1.29, 1.82) is 0 Å². The molecule has 1 aliphatic heterocycles. The molecule has 4 nitrogen and oxygen atoms in total. The van der Waals surface area contributed by atoms with Gasteiger partial charge in [0.25, 0.3) is 0 Å². The van der Waals surface area contributed by atoms with Crippen molar-refractivity contribution in [2.75, 3.05) is 26.2 Å². The van der Waals surface area contributed by atoms with Gasteiger partial charge in [-0.1, -0.05) is 48.5 Å². The second-order valence-electron chi connectivity index (χ2n) is 6.58. The highest BCUT2D eigenvalue weighted by atomic mass is 16.3. The molecule has 0 radical (unpaired) electrons. The molecule has 1 aromatic heterocycles. The normalized spacial score (nSPS) is 15.6. The smallest absolute Gasteiger partial charge is 0.227 e. The molecule has 2 aromatic carbocycles. The number of carbonyl (C=O) groups is 1. The summed E-state index contributed by atoms with van der Waals surface area (Å²) in [5.74, 6) is 0.186. The molecule has 1 saturated heterocycles. The summed E-state index contributed by atoms with van der Waals surface area (Å²) >= 11 is 0. The highest BCUT2D eigenvalue weighted by molar-refractivity contribution is 5.87. The summed E-state index contributed by atoms with van der Waals surface area (Å²) in [7, 11) is 0. The van der Waals surface area contributed by atoms with Crippen LogP contribution in [-0.2, 0) is 17.8 Å². The lowest BCUT2D eigenvalue weighted by atomic mass is 10.1. The molecular weight excluding hydrogens is 312 g/mol. The number of hydrogen-bond acceptors (Lipinski definition) is 3. The van der Waals surface area contributed by atoms with Crippen LogP contribution in [0.1, 0.15) is 11.1 Å². The van der Waals surface area contributed by atoms with Gasteiger partial charge in [0.1, 0.15) is 5.58 Å². The third kappa shape index (κ3) is 3.59. The largest absolute Gasteiger partial charge is 0.464 e. The summed E-state index contributed by atoms with van der Waals surface area (Å²) in [5, 5.41) is 1.04. The van der Waals surface area contributed by atoms with E-state index in [1.54, 1.807) is 6.26 Å². The first kappa shape index (κ1) is 15.9. The SMILES string of the molecule is O=C(Cc1coc2ccccc12)N1CCN(Cc2ccccc2)CC1. The van der Waals surface area contributed by atoms with Crippen molar-refractivity contribution in [2.24, 2.45) is 0 Å². The molecule has 2 heterocycles. The minimum absolute atomic E-state index is 0.186. The Morgan fingerprint density at radius 3 is 2.44 bits per heavy atom. The van der Waals surface area contributed by atoms with Crippen LogP contribution in [0, 0.1) is 0 Å². The highest BCUT2D eigenvalue weighted by Crippen LogP contribution is 2.22. The zero-order valence-corrected chi connectivity index (χ0v) is 14.2. The standard InChI is InChI=1S/C21H22N2O2/c24-21(14-18-16-25-20-9-5-4-8-19(18)20)23-12-10-22(11-13-23)15-17-6-2-1-3-7-17/h1-9,16H,10-15H2. The first-order chi connectivity index (χ1) is 12.3. The number of para-hydroxylation sites is 1. The summed E-state index contributed by atoms with van der Waals surface area (Å²) < 4.78 is 5.54. The van der Waals surface area contributed by atoms with E-state index in [0.717, 1.165) is 49.3 Å². The maximum Gasteiger partial charge on any atom is 0.227 e. The molecule has 25 heavy (non-hydrogen) atoms. The van der Waals surface area contributed by atoms with Gasteiger partial charge in [0.15, 0.2) is 0 Å². The van der Waals surface area contributed by atoms with E-state index in [4.69, 9.17) is 4.42 Å². The zero-order chi connectivity index (χ0) is 17.1. The van der Waals surface area contributed by atoms with Gasteiger partial charge in [-0.05, 0) is 11.6 Å². The summed E-state index contributed by atoms with van der Waals surface area (Å²) in [6, 6.07) is 18.4. The van der Waals surface area contributed by atoms with E-state index in [1.807, 2.05) is 35.2 Å². The lowest BCUT2D eigenvalue weighted by molar-refractivity contribution is -0.132. The second-order valence-corrected chi connectivity index (χ2v) is 6.58. The fraction of sp³-hybridized carbons (Fsp3) is 0.286. The molecule has 3 aromatic rings. The Morgan fingerprint density at radius 2 is 1.64 bits per heavy atom. The van der Waals surface area contributed by atoms with Crippen LogP contribution in [0.4, 0.5) is 0 Å². The molecule has 1 aliphatic rings. The van der Waals surface area contributed by atoms with Gasteiger partial charge in [-0.3, -0.25) is 9.69 Å². The van der Waals surface area contributed by atoms with Gasteiger partial charge in [0.05, 0.1) is 12.7 Å². The van der Waals surface area contributed by atoms with Gasteiger partial charge in [-0.15, -0.1) is 0 Å². The van der Waals surface area contributed by atoms with Gasteiger partial charge >= 0.3 is 0 Å². The summed E-state index contributed by atoms with van der Waals surface area (Å²) in [6.45, 7) is 4.39.